The Hall–Kier alpha value is -1.50. The van der Waals surface area contributed by atoms with E-state index in [1.165, 1.54) is 16.8 Å². The number of anilines is 1. The van der Waals surface area contributed by atoms with Crippen molar-refractivity contribution in [3.63, 3.8) is 0 Å². The van der Waals surface area contributed by atoms with Crippen LogP contribution in [0.2, 0.25) is 0 Å². The fourth-order valence-corrected chi connectivity index (χ4v) is 1.84. The van der Waals surface area contributed by atoms with Gasteiger partial charge in [-0.05, 0) is 12.3 Å². The second-order valence-corrected chi connectivity index (χ2v) is 4.66. The van der Waals surface area contributed by atoms with Crippen LogP contribution < -0.4 is 10.6 Å². The Labute approximate surface area is 96.5 Å². The van der Waals surface area contributed by atoms with E-state index in [4.69, 9.17) is 0 Å². The minimum absolute atomic E-state index is 0.0123. The Morgan fingerprint density at radius 3 is 2.94 bits per heavy atom. The highest BCUT2D eigenvalue weighted by atomic mass is 32.1. The van der Waals surface area contributed by atoms with Crippen LogP contribution in [0.25, 0.3) is 0 Å². The molecule has 0 spiro atoms. The standard InChI is InChI=1S/C9H12N4O2S/c1-5-2-6(5)8(15)10-3-7(14)12-9-13-11-4-16-9/h4-6H,2-3H2,1H3,(H,10,15)(H,12,13,14)/t5-,6+/m1/s1. The van der Waals surface area contributed by atoms with Gasteiger partial charge in [-0.1, -0.05) is 18.3 Å². The summed E-state index contributed by atoms with van der Waals surface area (Å²) < 4.78 is 0. The van der Waals surface area contributed by atoms with E-state index in [2.05, 4.69) is 20.8 Å². The fraction of sp³-hybridized carbons (Fsp3) is 0.556. The molecule has 7 heteroatoms. The zero-order valence-electron chi connectivity index (χ0n) is 8.77. The number of hydrogen-bond donors (Lipinski definition) is 2. The van der Waals surface area contributed by atoms with E-state index in [1.807, 2.05) is 6.92 Å². The number of nitrogens with zero attached hydrogens (tertiary/aromatic N) is 2. The third-order valence-corrected chi connectivity index (χ3v) is 3.08. The minimum atomic E-state index is -0.279. The predicted molar refractivity (Wildman–Crippen MR) is 58.8 cm³/mol. The first-order chi connectivity index (χ1) is 7.66. The molecule has 1 saturated carbocycles. The van der Waals surface area contributed by atoms with Crippen LogP contribution in [0, 0.1) is 11.8 Å². The van der Waals surface area contributed by atoms with E-state index in [0.29, 0.717) is 11.0 Å². The van der Waals surface area contributed by atoms with E-state index < -0.39 is 0 Å². The van der Waals surface area contributed by atoms with Crippen LogP contribution in [0.4, 0.5) is 5.13 Å². The summed E-state index contributed by atoms with van der Waals surface area (Å²) in [5.41, 5.74) is 1.53. The highest BCUT2D eigenvalue weighted by Gasteiger charge is 2.38. The average Bonchev–Trinajstić information content (AvgIpc) is 2.77. The second kappa shape index (κ2) is 4.56. The predicted octanol–water partition coefficient (Wildman–Crippen LogP) is 0.249. The topological polar surface area (TPSA) is 84.0 Å². The lowest BCUT2D eigenvalue weighted by atomic mass is 10.3. The van der Waals surface area contributed by atoms with Crippen LogP contribution >= 0.6 is 11.3 Å². The molecule has 1 heterocycles. The highest BCUT2D eigenvalue weighted by Crippen LogP contribution is 2.37. The molecule has 0 aliphatic heterocycles. The molecule has 86 valence electrons. The molecule has 1 aliphatic carbocycles. The summed E-state index contributed by atoms with van der Waals surface area (Å²) in [5, 5.41) is 12.8. The number of hydrogen-bond acceptors (Lipinski definition) is 5. The molecule has 0 bridgehead atoms. The largest absolute Gasteiger partial charge is 0.347 e. The van der Waals surface area contributed by atoms with Gasteiger partial charge >= 0.3 is 0 Å². The monoisotopic (exact) mass is 240 g/mol. The zero-order valence-corrected chi connectivity index (χ0v) is 9.58. The van der Waals surface area contributed by atoms with Crippen molar-refractivity contribution in [2.45, 2.75) is 13.3 Å². The fourth-order valence-electron chi connectivity index (χ4n) is 1.38. The Morgan fingerprint density at radius 1 is 1.62 bits per heavy atom. The van der Waals surface area contributed by atoms with Gasteiger partial charge in [0.05, 0.1) is 6.54 Å². The molecule has 2 atom stereocenters. The van der Waals surface area contributed by atoms with E-state index in [9.17, 15) is 9.59 Å². The van der Waals surface area contributed by atoms with Crippen LogP contribution in [0.5, 0.6) is 0 Å². The number of rotatable bonds is 4. The summed E-state index contributed by atoms with van der Waals surface area (Å²) in [6, 6.07) is 0. The molecular weight excluding hydrogens is 228 g/mol. The lowest BCUT2D eigenvalue weighted by Crippen LogP contribution is -2.34. The first-order valence-corrected chi connectivity index (χ1v) is 5.88. The molecule has 16 heavy (non-hydrogen) atoms. The maximum absolute atomic E-state index is 11.4. The van der Waals surface area contributed by atoms with E-state index in [0.717, 1.165) is 6.42 Å². The van der Waals surface area contributed by atoms with Crippen LogP contribution in [0.1, 0.15) is 13.3 Å². The lowest BCUT2D eigenvalue weighted by molar-refractivity contribution is -0.125. The molecule has 0 aromatic carbocycles. The van der Waals surface area contributed by atoms with Crippen LogP contribution in [-0.2, 0) is 9.59 Å². The summed E-state index contributed by atoms with van der Waals surface area (Å²) in [5.74, 6) is 0.221. The van der Waals surface area contributed by atoms with Crippen molar-refractivity contribution in [2.75, 3.05) is 11.9 Å². The Kier molecular flexibility index (Phi) is 3.14. The molecule has 0 unspecified atom stereocenters. The molecular formula is C9H12N4O2S. The molecule has 1 aromatic heterocycles. The van der Waals surface area contributed by atoms with Gasteiger partial charge in [0.2, 0.25) is 16.9 Å². The van der Waals surface area contributed by atoms with Crippen LogP contribution in [0.3, 0.4) is 0 Å². The Bertz CT molecular complexity index is 392. The molecule has 1 fully saturated rings. The molecule has 6 nitrogen and oxygen atoms in total. The van der Waals surface area contributed by atoms with E-state index >= 15 is 0 Å². The molecule has 2 amide bonds. The van der Waals surface area contributed by atoms with Gasteiger partial charge in [-0.3, -0.25) is 14.9 Å². The maximum atomic E-state index is 11.4. The highest BCUT2D eigenvalue weighted by molar-refractivity contribution is 7.13. The number of amides is 2. The summed E-state index contributed by atoms with van der Waals surface area (Å²) in [6.07, 6.45) is 0.920. The maximum Gasteiger partial charge on any atom is 0.245 e. The first-order valence-electron chi connectivity index (χ1n) is 5.00. The van der Waals surface area contributed by atoms with Crippen LogP contribution in [-0.4, -0.2) is 28.6 Å². The van der Waals surface area contributed by atoms with Crippen molar-refractivity contribution in [3.05, 3.63) is 5.51 Å². The molecule has 0 radical (unpaired) electrons. The normalized spacial score (nSPS) is 22.6. The van der Waals surface area contributed by atoms with Crippen molar-refractivity contribution in [1.82, 2.24) is 15.5 Å². The second-order valence-electron chi connectivity index (χ2n) is 3.83. The third-order valence-electron chi connectivity index (χ3n) is 2.48. The molecule has 2 N–H and O–H groups in total. The summed E-state index contributed by atoms with van der Waals surface area (Å²) in [4.78, 5) is 22.8. The number of carbonyl (C=O) groups excluding carboxylic acids is 2. The lowest BCUT2D eigenvalue weighted by Gasteiger charge is -2.03. The van der Waals surface area contributed by atoms with Crippen molar-refractivity contribution in [2.24, 2.45) is 11.8 Å². The van der Waals surface area contributed by atoms with Gasteiger partial charge < -0.3 is 5.32 Å². The Morgan fingerprint density at radius 2 is 2.38 bits per heavy atom. The van der Waals surface area contributed by atoms with Crippen LogP contribution in [0.15, 0.2) is 5.51 Å². The SMILES string of the molecule is C[C@@H]1C[C@@H]1C(=O)NCC(=O)Nc1nncs1. The zero-order chi connectivity index (χ0) is 11.5. The minimum Gasteiger partial charge on any atom is -0.347 e. The molecule has 2 rings (SSSR count). The van der Waals surface area contributed by atoms with Gasteiger partial charge in [-0.25, -0.2) is 0 Å². The number of nitrogens with one attached hydrogen (secondary N) is 2. The van der Waals surface area contributed by atoms with Gasteiger partial charge in [-0.2, -0.15) is 0 Å². The van der Waals surface area contributed by atoms with Gasteiger partial charge in [-0.15, -0.1) is 10.2 Å². The van der Waals surface area contributed by atoms with Gasteiger partial charge in [0.1, 0.15) is 5.51 Å². The summed E-state index contributed by atoms with van der Waals surface area (Å²) in [6.45, 7) is 2.01. The van der Waals surface area contributed by atoms with Crippen molar-refractivity contribution < 1.29 is 9.59 Å². The first kappa shape index (κ1) is 11.0. The molecule has 1 aliphatic rings. The smallest absolute Gasteiger partial charge is 0.245 e. The Balaban J connectivity index is 1.70. The van der Waals surface area contributed by atoms with Crippen molar-refractivity contribution >= 4 is 28.3 Å². The average molecular weight is 240 g/mol. The van der Waals surface area contributed by atoms with E-state index in [-0.39, 0.29) is 24.3 Å². The molecule has 0 saturated heterocycles. The summed E-state index contributed by atoms with van der Waals surface area (Å²) in [7, 11) is 0. The summed E-state index contributed by atoms with van der Waals surface area (Å²) >= 11 is 1.24. The van der Waals surface area contributed by atoms with Gasteiger partial charge in [0, 0.05) is 5.92 Å². The van der Waals surface area contributed by atoms with Gasteiger partial charge in [0.25, 0.3) is 0 Å². The number of carbonyl (C=O) groups is 2. The number of aromatic nitrogens is 2. The van der Waals surface area contributed by atoms with E-state index in [1.54, 1.807) is 0 Å². The quantitative estimate of drug-likeness (QED) is 0.790. The molecule has 1 aromatic rings. The van der Waals surface area contributed by atoms with Crippen molar-refractivity contribution in [1.29, 1.82) is 0 Å². The van der Waals surface area contributed by atoms with Gasteiger partial charge in [0.15, 0.2) is 0 Å². The van der Waals surface area contributed by atoms with Crippen molar-refractivity contribution in [3.8, 4) is 0 Å². The third kappa shape index (κ3) is 2.75.